The number of rotatable bonds is 6. The Hall–Kier alpha value is -3.43. The van der Waals surface area contributed by atoms with Crippen molar-refractivity contribution in [3.05, 3.63) is 64.7 Å². The molecule has 1 aliphatic carbocycles. The predicted octanol–water partition coefficient (Wildman–Crippen LogP) is 3.02. The van der Waals surface area contributed by atoms with Crippen LogP contribution in [0.15, 0.2) is 47.5 Å². The van der Waals surface area contributed by atoms with Gasteiger partial charge in [0.05, 0.1) is 29.6 Å². The van der Waals surface area contributed by atoms with Crippen LogP contribution in [-0.2, 0) is 16.0 Å². The second-order valence-electron chi connectivity index (χ2n) is 10.8. The lowest BCUT2D eigenvalue weighted by atomic mass is 9.86. The Morgan fingerprint density at radius 3 is 2.63 bits per heavy atom. The van der Waals surface area contributed by atoms with E-state index >= 15 is 0 Å². The van der Waals surface area contributed by atoms with Crippen molar-refractivity contribution in [1.82, 2.24) is 10.2 Å². The third-order valence-electron chi connectivity index (χ3n) is 8.40. The van der Waals surface area contributed by atoms with Crippen molar-refractivity contribution < 1.29 is 24.2 Å². The molecule has 3 aliphatic rings. The Labute approximate surface area is 223 Å². The van der Waals surface area contributed by atoms with Crippen LogP contribution in [0.5, 0.6) is 5.75 Å². The molecule has 202 valence electrons. The first-order valence-corrected chi connectivity index (χ1v) is 13.2. The van der Waals surface area contributed by atoms with E-state index < -0.39 is 29.3 Å². The number of hydrogen-bond donors (Lipinski definition) is 3. The minimum Gasteiger partial charge on any atom is -0.490 e. The van der Waals surface area contributed by atoms with Crippen molar-refractivity contribution in [2.75, 3.05) is 13.7 Å². The minimum atomic E-state index is -1.11. The lowest BCUT2D eigenvalue weighted by Crippen LogP contribution is -2.56. The van der Waals surface area contributed by atoms with Crippen LogP contribution >= 0.6 is 0 Å². The van der Waals surface area contributed by atoms with E-state index in [0.29, 0.717) is 36.1 Å². The van der Waals surface area contributed by atoms with Crippen LogP contribution in [0.25, 0.3) is 0 Å². The zero-order chi connectivity index (χ0) is 27.2. The molecule has 0 aromatic heterocycles. The number of benzene rings is 2. The smallest absolute Gasteiger partial charge is 0.251 e. The maximum absolute atomic E-state index is 13.5. The number of carbonyl (C=O) groups is 2. The molecule has 38 heavy (non-hydrogen) atoms. The van der Waals surface area contributed by atoms with Crippen molar-refractivity contribution >= 4 is 17.8 Å². The second kappa shape index (κ2) is 9.71. The first-order valence-electron chi connectivity index (χ1n) is 13.2. The highest BCUT2D eigenvalue weighted by molar-refractivity contribution is 6.00. The molecule has 0 spiro atoms. The van der Waals surface area contributed by atoms with Gasteiger partial charge in [0.15, 0.2) is 5.96 Å². The quantitative estimate of drug-likeness (QED) is 0.538. The molecule has 2 aromatic carbocycles. The minimum absolute atomic E-state index is 0.130. The van der Waals surface area contributed by atoms with E-state index in [-0.39, 0.29) is 30.8 Å². The summed E-state index contributed by atoms with van der Waals surface area (Å²) in [6, 6.07) is 11.7. The third kappa shape index (κ3) is 4.33. The summed E-state index contributed by atoms with van der Waals surface area (Å²) >= 11 is 0. The van der Waals surface area contributed by atoms with E-state index in [1.54, 1.807) is 32.2 Å². The Morgan fingerprint density at radius 1 is 1.21 bits per heavy atom. The fraction of sp³-hybridized carbons (Fsp3) is 0.483. The van der Waals surface area contributed by atoms with E-state index in [9.17, 15) is 14.7 Å². The number of aliphatic hydroxyl groups is 1. The number of amides is 2. The van der Waals surface area contributed by atoms with E-state index in [1.807, 2.05) is 38.1 Å². The average Bonchev–Trinajstić information content (AvgIpc) is 3.16. The van der Waals surface area contributed by atoms with Gasteiger partial charge >= 0.3 is 0 Å². The predicted molar refractivity (Wildman–Crippen MR) is 143 cm³/mol. The van der Waals surface area contributed by atoms with Gasteiger partial charge in [-0.1, -0.05) is 38.1 Å². The zero-order valence-electron chi connectivity index (χ0n) is 22.4. The molecule has 2 aliphatic heterocycles. The maximum atomic E-state index is 13.5. The largest absolute Gasteiger partial charge is 0.490 e. The lowest BCUT2D eigenvalue weighted by molar-refractivity contribution is -0.135. The number of ether oxygens (including phenoxy) is 2. The average molecular weight is 521 g/mol. The van der Waals surface area contributed by atoms with E-state index in [4.69, 9.17) is 20.2 Å². The highest BCUT2D eigenvalue weighted by Gasteiger charge is 2.46. The zero-order valence-corrected chi connectivity index (χ0v) is 22.4. The molecular formula is C29H36N4O5. The van der Waals surface area contributed by atoms with Gasteiger partial charge in [0.25, 0.3) is 5.91 Å². The van der Waals surface area contributed by atoms with Gasteiger partial charge in [0, 0.05) is 24.7 Å². The molecule has 0 bridgehead atoms. The normalized spacial score (nSPS) is 27.7. The molecule has 5 rings (SSSR count). The van der Waals surface area contributed by atoms with E-state index in [1.165, 1.54) is 4.90 Å². The van der Waals surface area contributed by atoms with Crippen molar-refractivity contribution in [2.45, 2.75) is 75.8 Å². The molecule has 0 saturated carbocycles. The molecule has 0 saturated heterocycles. The topological polar surface area (TPSA) is 126 Å². The molecule has 2 amide bonds. The van der Waals surface area contributed by atoms with Crippen molar-refractivity contribution in [1.29, 1.82) is 0 Å². The molecule has 9 heteroatoms. The van der Waals surface area contributed by atoms with Crippen LogP contribution in [0, 0.1) is 0 Å². The number of guanidine groups is 1. The molecule has 0 radical (unpaired) electrons. The molecule has 2 unspecified atom stereocenters. The standard InChI is InChI=1S/C29H36N4O5/c1-5-29(6-2)15-23(34)33(27(30)32-29)24-20-13-17(11-12-21(20)38-16-22(24)37-4)26(35)31-25-19-10-8-7-9-18(19)14-28(25,3)36/h7-13,22,24-25,36H,5-6,14-16H2,1-4H3,(H2,30,32)(H,31,35)/t22?,24?,25-,28-/m1/s1. The fourth-order valence-corrected chi connectivity index (χ4v) is 6.05. The number of nitrogens with zero attached hydrogens (tertiary/aromatic N) is 2. The Bertz CT molecular complexity index is 1290. The van der Waals surface area contributed by atoms with Crippen LogP contribution in [-0.4, -0.2) is 58.7 Å². The number of fused-ring (bicyclic) bond motifs is 2. The first kappa shape index (κ1) is 26.2. The van der Waals surface area contributed by atoms with Gasteiger partial charge in [-0.15, -0.1) is 0 Å². The van der Waals surface area contributed by atoms with Gasteiger partial charge in [-0.25, -0.2) is 4.99 Å². The highest BCUT2D eigenvalue weighted by Crippen LogP contribution is 2.42. The maximum Gasteiger partial charge on any atom is 0.251 e. The van der Waals surface area contributed by atoms with Gasteiger partial charge in [0.1, 0.15) is 18.5 Å². The summed E-state index contributed by atoms with van der Waals surface area (Å²) < 4.78 is 11.7. The summed E-state index contributed by atoms with van der Waals surface area (Å²) in [5.74, 6) is 0.241. The number of nitrogens with one attached hydrogen (secondary N) is 1. The summed E-state index contributed by atoms with van der Waals surface area (Å²) in [4.78, 5) is 33.3. The van der Waals surface area contributed by atoms with Gasteiger partial charge in [-0.2, -0.15) is 0 Å². The van der Waals surface area contributed by atoms with Crippen LogP contribution in [0.3, 0.4) is 0 Å². The number of carbonyl (C=O) groups excluding carboxylic acids is 2. The summed E-state index contributed by atoms with van der Waals surface area (Å²) in [5.41, 5.74) is 7.73. The number of hydrogen-bond acceptors (Lipinski definition) is 7. The number of nitrogens with two attached hydrogens (primary N) is 1. The summed E-state index contributed by atoms with van der Waals surface area (Å²) in [6.07, 6.45) is 1.62. The van der Waals surface area contributed by atoms with Gasteiger partial charge < -0.3 is 25.6 Å². The molecule has 4 N–H and O–H groups in total. The van der Waals surface area contributed by atoms with Crippen molar-refractivity contribution in [3.63, 3.8) is 0 Å². The van der Waals surface area contributed by atoms with E-state index in [2.05, 4.69) is 5.32 Å². The Balaban J connectivity index is 1.49. The lowest BCUT2D eigenvalue weighted by Gasteiger charge is -2.44. The molecule has 2 heterocycles. The first-order chi connectivity index (χ1) is 18.1. The van der Waals surface area contributed by atoms with Gasteiger partial charge in [0.2, 0.25) is 5.91 Å². The number of methoxy groups -OCH3 is 1. The molecule has 4 atom stereocenters. The van der Waals surface area contributed by atoms with Gasteiger partial charge in [-0.05, 0) is 49.1 Å². The fourth-order valence-electron chi connectivity index (χ4n) is 6.05. The van der Waals surface area contributed by atoms with Crippen LogP contribution in [0.1, 0.15) is 79.2 Å². The molecule has 0 fully saturated rings. The summed E-state index contributed by atoms with van der Waals surface area (Å²) in [5, 5.41) is 14.1. The SMILES string of the molecule is CCC1(CC)CC(=O)N(C2c3cc(C(=O)N[C@@H]4c5ccccc5C[C@@]4(C)O)ccc3OCC2OC)C(N)=N1. The van der Waals surface area contributed by atoms with Crippen molar-refractivity contribution in [3.8, 4) is 5.75 Å². The van der Waals surface area contributed by atoms with Gasteiger partial charge in [-0.3, -0.25) is 14.5 Å². The monoisotopic (exact) mass is 520 g/mol. The van der Waals surface area contributed by atoms with Crippen LogP contribution < -0.4 is 15.8 Å². The highest BCUT2D eigenvalue weighted by atomic mass is 16.5. The summed E-state index contributed by atoms with van der Waals surface area (Å²) in [6.45, 7) is 5.98. The summed E-state index contributed by atoms with van der Waals surface area (Å²) in [7, 11) is 1.56. The Kier molecular flexibility index (Phi) is 6.69. The Morgan fingerprint density at radius 2 is 1.95 bits per heavy atom. The number of aliphatic imine (C=N–C) groups is 1. The van der Waals surface area contributed by atoms with E-state index in [0.717, 1.165) is 11.1 Å². The van der Waals surface area contributed by atoms with Crippen molar-refractivity contribution in [2.24, 2.45) is 10.7 Å². The molecule has 2 aromatic rings. The van der Waals surface area contributed by atoms with Crippen LogP contribution in [0.2, 0.25) is 0 Å². The molecule has 9 nitrogen and oxygen atoms in total. The molecular weight excluding hydrogens is 484 g/mol. The third-order valence-corrected chi connectivity index (χ3v) is 8.40. The second-order valence-corrected chi connectivity index (χ2v) is 10.8. The van der Waals surface area contributed by atoms with Crippen LogP contribution in [0.4, 0.5) is 0 Å².